The van der Waals surface area contributed by atoms with Crippen molar-refractivity contribution in [3.63, 3.8) is 0 Å². The van der Waals surface area contributed by atoms with E-state index in [0.29, 0.717) is 0 Å². The van der Waals surface area contributed by atoms with Crippen LogP contribution in [0.25, 0.3) is 0 Å². The molecule has 0 aromatic heterocycles. The fourth-order valence-corrected chi connectivity index (χ4v) is 1.70. The van der Waals surface area contributed by atoms with E-state index in [1.54, 1.807) is 12.1 Å². The second-order valence-corrected chi connectivity index (χ2v) is 4.01. The van der Waals surface area contributed by atoms with Gasteiger partial charge in [0.15, 0.2) is 0 Å². The molecule has 0 fully saturated rings. The van der Waals surface area contributed by atoms with Gasteiger partial charge < -0.3 is 10.6 Å². The lowest BCUT2D eigenvalue weighted by atomic mass is 10.1. The Labute approximate surface area is 111 Å². The highest BCUT2D eigenvalue weighted by atomic mass is 15.0. The third-order valence-electron chi connectivity index (χ3n) is 2.68. The maximum absolute atomic E-state index is 8.61. The molecule has 1 aromatic carbocycles. The van der Waals surface area contributed by atoms with E-state index < -0.39 is 0 Å². The molecule has 94 valence electrons. The highest BCUT2D eigenvalue weighted by Crippen LogP contribution is 2.11. The molecule has 0 aliphatic carbocycles. The molecular weight excluding hydrogens is 238 g/mol. The van der Waals surface area contributed by atoms with Crippen molar-refractivity contribution in [2.75, 3.05) is 18.4 Å². The molecule has 1 heterocycles. The van der Waals surface area contributed by atoms with Gasteiger partial charge in [0.05, 0.1) is 0 Å². The second-order valence-electron chi connectivity index (χ2n) is 4.01. The Hall–Kier alpha value is -2.79. The highest BCUT2D eigenvalue weighted by molar-refractivity contribution is 5.99. The Kier molecular flexibility index (Phi) is 4.15. The summed E-state index contributed by atoms with van der Waals surface area (Å²) in [5.41, 5.74) is 1.90. The minimum absolute atomic E-state index is 0.0439. The average molecular weight is 251 g/mol. The number of allylic oxidation sites excluding steroid dienone is 1. The number of hydrogen-bond acceptors (Lipinski definition) is 5. The number of benzene rings is 1. The number of nitrogens with zero attached hydrogens (tertiary/aromatic N) is 3. The largest absolute Gasteiger partial charge is 0.370 e. The standard InChI is InChI=1S/C14H13N5/c15-8-11(9-16)10-19-13-4-2-12(3-5-13)14-17-6-1-7-18-14/h2-5,10,19H,1,6-7H2,(H,17,18). The Morgan fingerprint density at radius 1 is 1.26 bits per heavy atom. The van der Waals surface area contributed by atoms with Crippen molar-refractivity contribution in [1.29, 1.82) is 10.5 Å². The Balaban J connectivity index is 2.07. The Morgan fingerprint density at radius 3 is 2.58 bits per heavy atom. The zero-order valence-electron chi connectivity index (χ0n) is 10.3. The molecule has 1 aliphatic heterocycles. The molecular formula is C14H13N5. The van der Waals surface area contributed by atoms with Crippen LogP contribution in [0.1, 0.15) is 12.0 Å². The summed E-state index contributed by atoms with van der Waals surface area (Å²) in [7, 11) is 0. The first-order valence-corrected chi connectivity index (χ1v) is 5.99. The SMILES string of the molecule is N#CC(C#N)=CNc1ccc(C2=NCCCN2)cc1. The van der Waals surface area contributed by atoms with Gasteiger partial charge in [-0.05, 0) is 30.7 Å². The molecule has 0 saturated heterocycles. The molecule has 19 heavy (non-hydrogen) atoms. The molecule has 0 bridgehead atoms. The van der Waals surface area contributed by atoms with E-state index in [1.807, 2.05) is 24.3 Å². The summed E-state index contributed by atoms with van der Waals surface area (Å²) in [6.45, 7) is 1.81. The lowest BCUT2D eigenvalue weighted by Crippen LogP contribution is -2.30. The fourth-order valence-electron chi connectivity index (χ4n) is 1.70. The summed E-state index contributed by atoms with van der Waals surface area (Å²) in [6, 6.07) is 11.3. The van der Waals surface area contributed by atoms with E-state index in [-0.39, 0.29) is 5.57 Å². The predicted molar refractivity (Wildman–Crippen MR) is 73.4 cm³/mol. The maximum atomic E-state index is 8.61. The molecule has 2 rings (SSSR count). The van der Waals surface area contributed by atoms with Crippen molar-refractivity contribution >= 4 is 11.5 Å². The van der Waals surface area contributed by atoms with Gasteiger partial charge in [0.2, 0.25) is 0 Å². The van der Waals surface area contributed by atoms with Crippen molar-refractivity contribution in [2.45, 2.75) is 6.42 Å². The number of nitrogens with one attached hydrogen (secondary N) is 2. The van der Waals surface area contributed by atoms with Crippen molar-refractivity contribution in [3.05, 3.63) is 41.6 Å². The van der Waals surface area contributed by atoms with Crippen LogP contribution in [-0.4, -0.2) is 18.9 Å². The Morgan fingerprint density at radius 2 is 2.00 bits per heavy atom. The number of amidine groups is 1. The van der Waals surface area contributed by atoms with Gasteiger partial charge in [-0.1, -0.05) is 0 Å². The van der Waals surface area contributed by atoms with Crippen LogP contribution in [0, 0.1) is 22.7 Å². The first kappa shape index (κ1) is 12.7. The lowest BCUT2D eigenvalue weighted by Gasteiger charge is -2.14. The summed E-state index contributed by atoms with van der Waals surface area (Å²) < 4.78 is 0. The van der Waals surface area contributed by atoms with E-state index in [2.05, 4.69) is 15.6 Å². The van der Waals surface area contributed by atoms with Crippen LogP contribution in [0.15, 0.2) is 41.0 Å². The first-order valence-electron chi connectivity index (χ1n) is 5.99. The summed E-state index contributed by atoms with van der Waals surface area (Å²) >= 11 is 0. The topological polar surface area (TPSA) is 84.0 Å². The van der Waals surface area contributed by atoms with Crippen molar-refractivity contribution in [3.8, 4) is 12.1 Å². The average Bonchev–Trinajstić information content (AvgIpc) is 2.50. The summed E-state index contributed by atoms with van der Waals surface area (Å²) in [6.07, 6.45) is 2.46. The number of rotatable bonds is 3. The monoisotopic (exact) mass is 251 g/mol. The number of anilines is 1. The molecule has 0 unspecified atom stereocenters. The molecule has 1 aromatic rings. The number of nitriles is 2. The molecule has 1 aliphatic rings. The highest BCUT2D eigenvalue weighted by Gasteiger charge is 2.06. The summed E-state index contributed by atoms with van der Waals surface area (Å²) in [4.78, 5) is 4.42. The van der Waals surface area contributed by atoms with Gasteiger partial charge in [0, 0.05) is 30.5 Å². The van der Waals surface area contributed by atoms with E-state index in [4.69, 9.17) is 10.5 Å². The van der Waals surface area contributed by atoms with Crippen LogP contribution in [0.3, 0.4) is 0 Å². The zero-order valence-corrected chi connectivity index (χ0v) is 10.3. The number of aliphatic imine (C=N–C) groups is 1. The molecule has 0 spiro atoms. The van der Waals surface area contributed by atoms with Crippen LogP contribution in [-0.2, 0) is 0 Å². The quantitative estimate of drug-likeness (QED) is 0.802. The molecule has 0 atom stereocenters. The lowest BCUT2D eigenvalue weighted by molar-refractivity contribution is 0.742. The van der Waals surface area contributed by atoms with E-state index in [0.717, 1.165) is 36.6 Å². The van der Waals surface area contributed by atoms with Crippen LogP contribution < -0.4 is 10.6 Å². The summed E-state index contributed by atoms with van der Waals surface area (Å²) in [5.74, 6) is 0.920. The van der Waals surface area contributed by atoms with E-state index in [1.165, 1.54) is 6.20 Å². The smallest absolute Gasteiger partial charge is 0.145 e. The van der Waals surface area contributed by atoms with Gasteiger partial charge in [-0.2, -0.15) is 10.5 Å². The van der Waals surface area contributed by atoms with Crippen LogP contribution >= 0.6 is 0 Å². The molecule has 0 amide bonds. The molecule has 0 radical (unpaired) electrons. The van der Waals surface area contributed by atoms with Gasteiger partial charge in [-0.3, -0.25) is 4.99 Å². The summed E-state index contributed by atoms with van der Waals surface area (Å²) in [5, 5.41) is 23.4. The zero-order chi connectivity index (χ0) is 13.5. The molecule has 2 N–H and O–H groups in total. The predicted octanol–water partition coefficient (Wildman–Crippen LogP) is 1.77. The maximum Gasteiger partial charge on any atom is 0.145 e. The molecule has 5 heteroatoms. The van der Waals surface area contributed by atoms with Crippen molar-refractivity contribution < 1.29 is 0 Å². The third kappa shape index (κ3) is 3.34. The second kappa shape index (κ2) is 6.23. The Bertz CT molecular complexity index is 568. The van der Waals surface area contributed by atoms with E-state index in [9.17, 15) is 0 Å². The normalized spacial score (nSPS) is 13.3. The first-order chi connectivity index (χ1) is 9.33. The van der Waals surface area contributed by atoms with Gasteiger partial charge in [-0.25, -0.2) is 0 Å². The van der Waals surface area contributed by atoms with Crippen molar-refractivity contribution in [1.82, 2.24) is 5.32 Å². The van der Waals surface area contributed by atoms with Gasteiger partial charge in [-0.15, -0.1) is 0 Å². The third-order valence-corrected chi connectivity index (χ3v) is 2.68. The van der Waals surface area contributed by atoms with Crippen LogP contribution in [0.2, 0.25) is 0 Å². The van der Waals surface area contributed by atoms with Gasteiger partial charge in [0.1, 0.15) is 23.5 Å². The van der Waals surface area contributed by atoms with E-state index >= 15 is 0 Å². The molecule has 0 saturated carbocycles. The fraction of sp³-hybridized carbons (Fsp3) is 0.214. The van der Waals surface area contributed by atoms with Gasteiger partial charge >= 0.3 is 0 Å². The van der Waals surface area contributed by atoms with Crippen LogP contribution in [0.5, 0.6) is 0 Å². The minimum atomic E-state index is 0.0439. The van der Waals surface area contributed by atoms with Crippen LogP contribution in [0.4, 0.5) is 5.69 Å². The van der Waals surface area contributed by atoms with Gasteiger partial charge in [0.25, 0.3) is 0 Å². The minimum Gasteiger partial charge on any atom is -0.370 e. The molecule has 5 nitrogen and oxygen atoms in total. The number of hydrogen-bond donors (Lipinski definition) is 2. The van der Waals surface area contributed by atoms with Crippen molar-refractivity contribution in [2.24, 2.45) is 4.99 Å².